The Balaban J connectivity index is 2.34. The van der Waals surface area contributed by atoms with Crippen LogP contribution in [0.4, 0.5) is 5.69 Å². The van der Waals surface area contributed by atoms with Gasteiger partial charge in [-0.2, -0.15) is 8.42 Å². The Hall–Kier alpha value is -2.38. The molecule has 0 spiro atoms. The van der Waals surface area contributed by atoms with Gasteiger partial charge in [-0.05, 0) is 24.3 Å². The maximum absolute atomic E-state index is 12.2. The summed E-state index contributed by atoms with van der Waals surface area (Å²) in [6.45, 7) is 0. The van der Waals surface area contributed by atoms with Gasteiger partial charge in [-0.3, -0.25) is 5.01 Å². The van der Waals surface area contributed by atoms with E-state index in [0.29, 0.717) is 5.69 Å². The standard InChI is InChI=1S/C14H16N4O2S/c1-18(15)14(16-12-8-4-2-5-9-12)17-21(19,20)13-10-6-3-7-11-13/h2-11H,15H2,1H3,(H,16,17). The second-order valence-electron chi connectivity index (χ2n) is 4.30. The first-order valence-electron chi connectivity index (χ1n) is 6.19. The number of guanidine groups is 1. The van der Waals surface area contributed by atoms with Crippen LogP contribution < -0.4 is 11.2 Å². The Labute approximate surface area is 123 Å². The zero-order valence-electron chi connectivity index (χ0n) is 11.5. The maximum Gasteiger partial charge on any atom is 0.285 e. The molecule has 110 valence electrons. The molecule has 0 unspecified atom stereocenters. The van der Waals surface area contributed by atoms with Crippen LogP contribution in [0.3, 0.4) is 0 Å². The number of hydrogen-bond donors (Lipinski definition) is 2. The average Bonchev–Trinajstić information content (AvgIpc) is 2.48. The molecule has 21 heavy (non-hydrogen) atoms. The molecule has 0 aliphatic rings. The van der Waals surface area contributed by atoms with E-state index in [1.165, 1.54) is 19.2 Å². The average molecular weight is 304 g/mol. The van der Waals surface area contributed by atoms with Gasteiger partial charge in [-0.15, -0.1) is 4.40 Å². The normalized spacial score (nSPS) is 12.0. The largest absolute Gasteiger partial charge is 0.324 e. The van der Waals surface area contributed by atoms with Gasteiger partial charge in [0.2, 0.25) is 5.96 Å². The molecule has 0 heterocycles. The molecule has 0 aromatic heterocycles. The molecule has 0 saturated heterocycles. The zero-order chi connectivity index (χ0) is 15.3. The molecule has 2 aromatic carbocycles. The summed E-state index contributed by atoms with van der Waals surface area (Å²) in [5, 5.41) is 3.99. The lowest BCUT2D eigenvalue weighted by Crippen LogP contribution is -2.39. The van der Waals surface area contributed by atoms with E-state index in [0.717, 1.165) is 5.01 Å². The summed E-state index contributed by atoms with van der Waals surface area (Å²) in [4.78, 5) is 0.110. The Morgan fingerprint density at radius 3 is 2.10 bits per heavy atom. The number of sulfonamides is 1. The smallest absolute Gasteiger partial charge is 0.285 e. The number of nitrogens with one attached hydrogen (secondary N) is 1. The molecule has 0 fully saturated rings. The van der Waals surface area contributed by atoms with Gasteiger partial charge in [-0.25, -0.2) is 5.84 Å². The highest BCUT2D eigenvalue weighted by Crippen LogP contribution is 2.13. The van der Waals surface area contributed by atoms with Gasteiger partial charge in [0.1, 0.15) is 0 Å². The molecule has 0 amide bonds. The van der Waals surface area contributed by atoms with Gasteiger partial charge in [0, 0.05) is 12.7 Å². The number of hydrogen-bond acceptors (Lipinski definition) is 3. The third kappa shape index (κ3) is 4.04. The summed E-state index contributed by atoms with van der Waals surface area (Å²) >= 11 is 0. The van der Waals surface area contributed by atoms with Crippen molar-refractivity contribution in [1.29, 1.82) is 0 Å². The molecular formula is C14H16N4O2S. The lowest BCUT2D eigenvalue weighted by molar-refractivity contribution is 0.536. The van der Waals surface area contributed by atoms with Crippen LogP contribution in [0.25, 0.3) is 0 Å². The van der Waals surface area contributed by atoms with E-state index in [2.05, 4.69) is 9.71 Å². The van der Waals surface area contributed by atoms with Crippen LogP contribution in [0.1, 0.15) is 0 Å². The first-order chi connectivity index (χ1) is 9.99. The summed E-state index contributed by atoms with van der Waals surface area (Å²) < 4.78 is 28.2. The third-order valence-corrected chi connectivity index (χ3v) is 3.89. The molecule has 0 bridgehead atoms. The van der Waals surface area contributed by atoms with E-state index >= 15 is 0 Å². The predicted molar refractivity (Wildman–Crippen MR) is 83.1 cm³/mol. The summed E-state index contributed by atoms with van der Waals surface area (Å²) in [5.74, 6) is 5.68. The number of nitrogens with two attached hydrogens (primary N) is 1. The molecule has 2 aromatic rings. The fraction of sp³-hybridized carbons (Fsp3) is 0.0714. The van der Waals surface area contributed by atoms with Crippen molar-refractivity contribution in [3.8, 4) is 0 Å². The van der Waals surface area contributed by atoms with E-state index in [4.69, 9.17) is 5.84 Å². The monoisotopic (exact) mass is 304 g/mol. The molecule has 2 rings (SSSR count). The SMILES string of the molecule is CN(N)C(=NS(=O)(=O)c1ccccc1)Nc1ccccc1. The van der Waals surface area contributed by atoms with E-state index < -0.39 is 10.0 Å². The van der Waals surface area contributed by atoms with Crippen LogP contribution in [0.2, 0.25) is 0 Å². The molecule has 6 nitrogen and oxygen atoms in total. The number of benzene rings is 2. The van der Waals surface area contributed by atoms with Gasteiger partial charge in [0.05, 0.1) is 4.90 Å². The molecule has 0 aliphatic heterocycles. The van der Waals surface area contributed by atoms with Crippen LogP contribution in [0.5, 0.6) is 0 Å². The van der Waals surface area contributed by atoms with Gasteiger partial charge in [0.15, 0.2) is 0 Å². The first-order valence-corrected chi connectivity index (χ1v) is 7.63. The Morgan fingerprint density at radius 2 is 1.57 bits per heavy atom. The van der Waals surface area contributed by atoms with E-state index in [9.17, 15) is 8.42 Å². The predicted octanol–water partition coefficient (Wildman–Crippen LogP) is 1.65. The number of para-hydroxylation sites is 1. The minimum Gasteiger partial charge on any atom is -0.324 e. The van der Waals surface area contributed by atoms with Crippen molar-refractivity contribution in [2.24, 2.45) is 10.2 Å². The second kappa shape index (κ2) is 6.38. The Kier molecular flexibility index (Phi) is 4.56. The summed E-state index contributed by atoms with van der Waals surface area (Å²) in [7, 11) is -2.31. The van der Waals surface area contributed by atoms with Crippen LogP contribution in [-0.2, 0) is 10.0 Å². The lowest BCUT2D eigenvalue weighted by Gasteiger charge is -2.16. The van der Waals surface area contributed by atoms with Crippen molar-refractivity contribution >= 4 is 21.7 Å². The molecule has 0 radical (unpaired) electrons. The molecular weight excluding hydrogens is 288 g/mol. The minimum absolute atomic E-state index is 0.0325. The quantitative estimate of drug-likeness (QED) is 0.389. The van der Waals surface area contributed by atoms with E-state index in [1.54, 1.807) is 30.3 Å². The van der Waals surface area contributed by atoms with Gasteiger partial charge < -0.3 is 5.32 Å². The van der Waals surface area contributed by atoms with Crippen LogP contribution in [0.15, 0.2) is 70.0 Å². The molecule has 3 N–H and O–H groups in total. The van der Waals surface area contributed by atoms with E-state index in [-0.39, 0.29) is 10.9 Å². The summed E-state index contributed by atoms with van der Waals surface area (Å²) in [5.41, 5.74) is 0.691. The van der Waals surface area contributed by atoms with Crippen molar-refractivity contribution in [3.05, 3.63) is 60.7 Å². The third-order valence-electron chi connectivity index (χ3n) is 2.61. The molecule has 0 aliphatic carbocycles. The highest BCUT2D eigenvalue weighted by atomic mass is 32.2. The lowest BCUT2D eigenvalue weighted by atomic mass is 10.3. The Morgan fingerprint density at radius 1 is 1.05 bits per heavy atom. The minimum atomic E-state index is -3.82. The number of rotatable bonds is 3. The topological polar surface area (TPSA) is 87.8 Å². The zero-order valence-corrected chi connectivity index (χ0v) is 12.3. The van der Waals surface area contributed by atoms with Crippen molar-refractivity contribution < 1.29 is 8.42 Å². The van der Waals surface area contributed by atoms with Gasteiger partial charge in [0.25, 0.3) is 10.0 Å². The van der Waals surface area contributed by atoms with Crippen molar-refractivity contribution in [2.45, 2.75) is 4.90 Å². The Bertz CT molecular complexity index is 713. The van der Waals surface area contributed by atoms with Crippen molar-refractivity contribution in [3.63, 3.8) is 0 Å². The highest BCUT2D eigenvalue weighted by molar-refractivity contribution is 7.90. The number of anilines is 1. The fourth-order valence-corrected chi connectivity index (χ4v) is 2.59. The van der Waals surface area contributed by atoms with Crippen molar-refractivity contribution in [2.75, 3.05) is 12.4 Å². The molecule has 0 atom stereocenters. The van der Waals surface area contributed by atoms with Gasteiger partial charge >= 0.3 is 0 Å². The number of nitrogens with zero attached hydrogens (tertiary/aromatic N) is 2. The molecule has 7 heteroatoms. The van der Waals surface area contributed by atoms with E-state index in [1.807, 2.05) is 18.2 Å². The van der Waals surface area contributed by atoms with Crippen molar-refractivity contribution in [1.82, 2.24) is 5.01 Å². The summed E-state index contributed by atoms with van der Waals surface area (Å²) in [6.07, 6.45) is 0. The van der Waals surface area contributed by atoms with Crippen LogP contribution in [-0.4, -0.2) is 26.4 Å². The van der Waals surface area contributed by atoms with Crippen LogP contribution in [0, 0.1) is 0 Å². The number of hydrazine groups is 1. The fourth-order valence-electron chi connectivity index (χ4n) is 1.58. The molecule has 0 saturated carbocycles. The highest BCUT2D eigenvalue weighted by Gasteiger charge is 2.15. The van der Waals surface area contributed by atoms with Gasteiger partial charge in [-0.1, -0.05) is 36.4 Å². The second-order valence-corrected chi connectivity index (χ2v) is 5.91. The summed E-state index contributed by atoms with van der Waals surface area (Å²) in [6, 6.07) is 17.0. The first kappa shape index (κ1) is 15.0. The van der Waals surface area contributed by atoms with Crippen LogP contribution >= 0.6 is 0 Å². The maximum atomic E-state index is 12.2.